The van der Waals surface area contributed by atoms with Gasteiger partial charge < -0.3 is 24.8 Å². The number of hydrogen-bond donors (Lipinski definition) is 1. The van der Waals surface area contributed by atoms with Crippen molar-refractivity contribution in [3.63, 3.8) is 0 Å². The standard InChI is InChI=1S/C29H45F2N5O5S/c1-33(28(37)32-25-6-14-35(15-7-25)29(38)41-2)26-8-11-34(12-9-26)13-10-27(22-18-23(30)20-24(31)19-22)21-4-16-36(17-5-21)42(3,39)40/h18-21,25-27H,4-17H2,1-3H3,(H,32,37). The van der Waals surface area contributed by atoms with Crippen molar-refractivity contribution in [2.24, 2.45) is 5.92 Å². The summed E-state index contributed by atoms with van der Waals surface area (Å²) >= 11 is 0. The number of piperidine rings is 3. The van der Waals surface area contributed by atoms with Gasteiger partial charge in [0.2, 0.25) is 10.0 Å². The molecular weight excluding hydrogens is 568 g/mol. The predicted octanol–water partition coefficient (Wildman–Crippen LogP) is 3.45. The number of nitrogens with one attached hydrogen (secondary N) is 1. The number of halogens is 2. The van der Waals surface area contributed by atoms with Gasteiger partial charge in [-0.1, -0.05) is 0 Å². The van der Waals surface area contributed by atoms with Crippen LogP contribution >= 0.6 is 0 Å². The van der Waals surface area contributed by atoms with Crippen molar-refractivity contribution in [2.45, 2.75) is 62.9 Å². The number of benzene rings is 1. The maximum atomic E-state index is 14.2. The zero-order chi connectivity index (χ0) is 30.4. The molecule has 3 saturated heterocycles. The summed E-state index contributed by atoms with van der Waals surface area (Å²) in [7, 11) is -0.0639. The summed E-state index contributed by atoms with van der Waals surface area (Å²) in [6, 6.07) is 3.75. The number of methoxy groups -OCH3 is 1. The molecular formula is C29H45F2N5O5S. The Balaban J connectivity index is 1.27. The Morgan fingerprint density at radius 1 is 0.976 bits per heavy atom. The van der Waals surface area contributed by atoms with Gasteiger partial charge in [-0.15, -0.1) is 0 Å². The van der Waals surface area contributed by atoms with E-state index in [-0.39, 0.29) is 36.0 Å². The molecule has 1 atom stereocenters. The minimum Gasteiger partial charge on any atom is -0.453 e. The van der Waals surface area contributed by atoms with Gasteiger partial charge in [0, 0.05) is 64.5 Å². The number of likely N-dealkylation sites (tertiary alicyclic amines) is 2. The number of carbonyl (C=O) groups excluding carboxylic acids is 2. The number of carbonyl (C=O) groups is 2. The van der Waals surface area contributed by atoms with Gasteiger partial charge in [-0.25, -0.2) is 31.1 Å². The molecule has 1 aromatic rings. The van der Waals surface area contributed by atoms with E-state index in [1.165, 1.54) is 29.8 Å². The molecule has 3 aliphatic heterocycles. The summed E-state index contributed by atoms with van der Waals surface area (Å²) in [5, 5.41) is 3.11. The fourth-order valence-electron chi connectivity index (χ4n) is 6.70. The fraction of sp³-hybridized carbons (Fsp3) is 0.724. The lowest BCUT2D eigenvalue weighted by molar-refractivity contribution is 0.107. The van der Waals surface area contributed by atoms with E-state index in [1.54, 1.807) is 9.80 Å². The Hall–Kier alpha value is -2.51. The van der Waals surface area contributed by atoms with Crippen LogP contribution in [0.15, 0.2) is 18.2 Å². The minimum absolute atomic E-state index is 0.0230. The average Bonchev–Trinajstić information content (AvgIpc) is 2.96. The Labute approximate surface area is 248 Å². The van der Waals surface area contributed by atoms with Crippen LogP contribution in [0, 0.1) is 17.6 Å². The molecule has 3 aliphatic rings. The molecule has 236 valence electrons. The highest BCUT2D eigenvalue weighted by Crippen LogP contribution is 2.37. The molecule has 0 aliphatic carbocycles. The lowest BCUT2D eigenvalue weighted by Gasteiger charge is -2.39. The summed E-state index contributed by atoms with van der Waals surface area (Å²) < 4.78 is 58.6. The van der Waals surface area contributed by atoms with Crippen molar-refractivity contribution >= 4 is 22.1 Å². The number of urea groups is 1. The van der Waals surface area contributed by atoms with Gasteiger partial charge in [0.1, 0.15) is 11.6 Å². The highest BCUT2D eigenvalue weighted by Gasteiger charge is 2.33. The third kappa shape index (κ3) is 8.53. The molecule has 1 N–H and O–H groups in total. The van der Waals surface area contributed by atoms with Crippen molar-refractivity contribution in [1.82, 2.24) is 24.3 Å². The largest absolute Gasteiger partial charge is 0.453 e. The maximum absolute atomic E-state index is 14.2. The van der Waals surface area contributed by atoms with Gasteiger partial charge in [0.25, 0.3) is 0 Å². The molecule has 0 spiro atoms. The van der Waals surface area contributed by atoms with E-state index in [4.69, 9.17) is 4.74 Å². The van der Waals surface area contributed by atoms with Gasteiger partial charge in [-0.05, 0) is 81.0 Å². The van der Waals surface area contributed by atoms with Crippen LogP contribution in [0.25, 0.3) is 0 Å². The second-order valence-corrected chi connectivity index (χ2v) is 13.9. The molecule has 0 radical (unpaired) electrons. The number of sulfonamides is 1. The zero-order valence-electron chi connectivity index (χ0n) is 24.9. The Morgan fingerprint density at radius 3 is 2.12 bits per heavy atom. The molecule has 3 fully saturated rings. The summed E-state index contributed by atoms with van der Waals surface area (Å²) in [4.78, 5) is 30.4. The van der Waals surface area contributed by atoms with Crippen LogP contribution < -0.4 is 5.32 Å². The van der Waals surface area contributed by atoms with Crippen LogP contribution in [-0.4, -0.2) is 118 Å². The van der Waals surface area contributed by atoms with Crippen molar-refractivity contribution in [2.75, 3.05) is 66.2 Å². The molecule has 42 heavy (non-hydrogen) atoms. The quantitative estimate of drug-likeness (QED) is 0.482. The monoisotopic (exact) mass is 613 g/mol. The van der Waals surface area contributed by atoms with Crippen molar-refractivity contribution in [3.05, 3.63) is 35.4 Å². The lowest BCUT2D eigenvalue weighted by atomic mass is 9.78. The third-order valence-corrected chi connectivity index (χ3v) is 10.6. The Kier molecular flexibility index (Phi) is 11.0. The summed E-state index contributed by atoms with van der Waals surface area (Å²) in [6.45, 7) is 4.34. The zero-order valence-corrected chi connectivity index (χ0v) is 25.8. The topological polar surface area (TPSA) is 102 Å². The first kappa shape index (κ1) is 32.4. The van der Waals surface area contributed by atoms with Gasteiger partial charge in [-0.2, -0.15) is 0 Å². The van der Waals surface area contributed by atoms with E-state index in [2.05, 4.69) is 10.2 Å². The summed E-state index contributed by atoms with van der Waals surface area (Å²) in [5.41, 5.74) is 0.633. The smallest absolute Gasteiger partial charge is 0.409 e. The maximum Gasteiger partial charge on any atom is 0.409 e. The summed E-state index contributed by atoms with van der Waals surface area (Å²) in [6.07, 6.45) is 5.95. The van der Waals surface area contributed by atoms with Crippen molar-refractivity contribution < 1.29 is 31.5 Å². The van der Waals surface area contributed by atoms with Crippen LogP contribution in [-0.2, 0) is 14.8 Å². The van der Waals surface area contributed by atoms with E-state index in [1.807, 2.05) is 7.05 Å². The van der Waals surface area contributed by atoms with Gasteiger partial charge >= 0.3 is 12.1 Å². The number of rotatable bonds is 8. The molecule has 0 aromatic heterocycles. The molecule has 0 bridgehead atoms. The molecule has 1 unspecified atom stereocenters. The van der Waals surface area contributed by atoms with Crippen molar-refractivity contribution in [3.8, 4) is 0 Å². The first-order chi connectivity index (χ1) is 19.9. The van der Waals surface area contributed by atoms with Crippen LogP contribution in [0.4, 0.5) is 18.4 Å². The molecule has 1 aromatic carbocycles. The molecule has 3 amide bonds. The van der Waals surface area contributed by atoms with Gasteiger partial charge in [0.15, 0.2) is 0 Å². The van der Waals surface area contributed by atoms with E-state index < -0.39 is 21.7 Å². The fourth-order valence-corrected chi connectivity index (χ4v) is 7.58. The first-order valence-corrected chi connectivity index (χ1v) is 16.8. The molecule has 10 nitrogen and oxygen atoms in total. The van der Waals surface area contributed by atoms with Gasteiger partial charge in [-0.3, -0.25) is 0 Å². The minimum atomic E-state index is -3.26. The first-order valence-electron chi connectivity index (χ1n) is 14.9. The molecule has 0 saturated carbocycles. The normalized spacial score (nSPS) is 21.2. The molecule has 13 heteroatoms. The SMILES string of the molecule is COC(=O)N1CCC(NC(=O)N(C)C2CCN(CCC(c3cc(F)cc(F)c3)C3CCN(S(C)(=O)=O)CC3)CC2)CC1. The van der Waals surface area contributed by atoms with E-state index in [0.717, 1.165) is 45.0 Å². The number of amides is 3. The van der Waals surface area contributed by atoms with Crippen LogP contribution in [0.1, 0.15) is 56.4 Å². The molecule has 4 rings (SSSR count). The van der Waals surface area contributed by atoms with Crippen LogP contribution in [0.5, 0.6) is 0 Å². The average molecular weight is 614 g/mol. The van der Waals surface area contributed by atoms with E-state index in [9.17, 15) is 26.8 Å². The van der Waals surface area contributed by atoms with Gasteiger partial charge in [0.05, 0.1) is 13.4 Å². The Morgan fingerprint density at radius 2 is 1.57 bits per heavy atom. The molecule has 3 heterocycles. The summed E-state index contributed by atoms with van der Waals surface area (Å²) in [5.74, 6) is -1.14. The second-order valence-electron chi connectivity index (χ2n) is 12.0. The number of nitrogens with zero attached hydrogens (tertiary/aromatic N) is 4. The van der Waals surface area contributed by atoms with Crippen LogP contribution in [0.3, 0.4) is 0 Å². The van der Waals surface area contributed by atoms with Crippen LogP contribution in [0.2, 0.25) is 0 Å². The van der Waals surface area contributed by atoms with E-state index >= 15 is 0 Å². The number of ether oxygens (including phenoxy) is 1. The predicted molar refractivity (Wildman–Crippen MR) is 156 cm³/mol. The lowest BCUT2D eigenvalue weighted by Crippen LogP contribution is -2.53. The van der Waals surface area contributed by atoms with Crippen molar-refractivity contribution in [1.29, 1.82) is 0 Å². The highest BCUT2D eigenvalue weighted by atomic mass is 32.2. The number of hydrogen-bond acceptors (Lipinski definition) is 6. The second kappa shape index (κ2) is 14.3. The van der Waals surface area contributed by atoms with E-state index in [0.29, 0.717) is 57.4 Å². The highest BCUT2D eigenvalue weighted by molar-refractivity contribution is 7.88. The third-order valence-electron chi connectivity index (χ3n) is 9.29. The Bertz CT molecular complexity index is 1160.